The fourth-order valence-corrected chi connectivity index (χ4v) is 2.15. The third-order valence-corrected chi connectivity index (χ3v) is 3.75. The second kappa shape index (κ2) is 4.28. The first-order valence-electron chi connectivity index (χ1n) is 3.80. The minimum Gasteiger partial charge on any atom is -0.282 e. The van der Waals surface area contributed by atoms with Crippen LogP contribution in [0, 0.1) is 3.57 Å². The highest BCUT2D eigenvalue weighted by atomic mass is 127. The van der Waals surface area contributed by atoms with Crippen LogP contribution in [0.2, 0.25) is 0 Å². The highest BCUT2D eigenvalue weighted by molar-refractivity contribution is 14.1. The summed E-state index contributed by atoms with van der Waals surface area (Å²) < 4.78 is 25.8. The Morgan fingerprint density at radius 1 is 1.38 bits per heavy atom. The maximum Gasteiger partial charge on any atom is 0.232 e. The number of hydrogen-bond acceptors (Lipinski definition) is 2. The topological polar surface area (TPSA) is 46.2 Å². The van der Waals surface area contributed by atoms with Gasteiger partial charge in [0, 0.05) is 3.57 Å². The van der Waals surface area contributed by atoms with Crippen molar-refractivity contribution in [2.24, 2.45) is 0 Å². The van der Waals surface area contributed by atoms with Crippen molar-refractivity contribution in [1.29, 1.82) is 0 Å². The van der Waals surface area contributed by atoms with Gasteiger partial charge in [0.15, 0.2) is 0 Å². The van der Waals surface area contributed by atoms with E-state index in [9.17, 15) is 8.42 Å². The van der Waals surface area contributed by atoms with Gasteiger partial charge in [-0.1, -0.05) is 12.1 Å². The standard InChI is InChI=1S/C8H10INO2S/c1-2-13(11,12)10-8-6-4-3-5-7(8)9/h3-6,10H,2H2,1H3. The lowest BCUT2D eigenvalue weighted by molar-refractivity contribution is 0.602. The van der Waals surface area contributed by atoms with Gasteiger partial charge in [0.05, 0.1) is 11.4 Å². The normalized spacial score (nSPS) is 11.2. The summed E-state index contributed by atoms with van der Waals surface area (Å²) in [7, 11) is -3.15. The van der Waals surface area contributed by atoms with Crippen LogP contribution in [0.15, 0.2) is 24.3 Å². The molecule has 0 radical (unpaired) electrons. The number of sulfonamides is 1. The maximum absolute atomic E-state index is 11.2. The van der Waals surface area contributed by atoms with E-state index in [0.717, 1.165) is 3.57 Å². The van der Waals surface area contributed by atoms with E-state index in [0.29, 0.717) is 5.69 Å². The van der Waals surface area contributed by atoms with Crippen LogP contribution in [-0.4, -0.2) is 14.2 Å². The van der Waals surface area contributed by atoms with Crippen molar-refractivity contribution < 1.29 is 8.42 Å². The molecule has 1 N–H and O–H groups in total. The Morgan fingerprint density at radius 3 is 2.54 bits per heavy atom. The van der Waals surface area contributed by atoms with E-state index in [1.165, 1.54) is 0 Å². The molecule has 0 heterocycles. The van der Waals surface area contributed by atoms with Crippen LogP contribution in [0.5, 0.6) is 0 Å². The Morgan fingerprint density at radius 2 is 2.00 bits per heavy atom. The molecule has 13 heavy (non-hydrogen) atoms. The van der Waals surface area contributed by atoms with Gasteiger partial charge in [-0.2, -0.15) is 0 Å². The quantitative estimate of drug-likeness (QED) is 0.869. The molecule has 0 unspecified atom stereocenters. The Labute approximate surface area is 91.7 Å². The molecule has 0 aliphatic carbocycles. The van der Waals surface area contributed by atoms with Crippen LogP contribution in [0.3, 0.4) is 0 Å². The van der Waals surface area contributed by atoms with E-state index in [1.807, 2.05) is 12.1 Å². The number of benzene rings is 1. The molecular formula is C8H10INO2S. The number of rotatable bonds is 3. The molecule has 0 fully saturated rings. The van der Waals surface area contributed by atoms with E-state index in [1.54, 1.807) is 19.1 Å². The lowest BCUT2D eigenvalue weighted by Crippen LogP contribution is -2.15. The highest BCUT2D eigenvalue weighted by Gasteiger charge is 2.07. The molecule has 0 saturated heterocycles. The summed E-state index contributed by atoms with van der Waals surface area (Å²) >= 11 is 2.09. The number of hydrogen-bond donors (Lipinski definition) is 1. The highest BCUT2D eigenvalue weighted by Crippen LogP contribution is 2.18. The van der Waals surface area contributed by atoms with E-state index in [4.69, 9.17) is 0 Å². The summed E-state index contributed by atoms with van der Waals surface area (Å²) in [6.45, 7) is 1.61. The molecule has 0 aliphatic heterocycles. The van der Waals surface area contributed by atoms with Crippen molar-refractivity contribution in [2.45, 2.75) is 6.92 Å². The predicted molar refractivity (Wildman–Crippen MR) is 62.2 cm³/mol. The first-order valence-corrected chi connectivity index (χ1v) is 6.53. The second-order valence-corrected chi connectivity index (χ2v) is 5.66. The molecule has 1 rings (SSSR count). The fraction of sp³-hybridized carbons (Fsp3) is 0.250. The number of halogens is 1. The van der Waals surface area contributed by atoms with Gasteiger partial charge in [-0.05, 0) is 41.6 Å². The number of para-hydroxylation sites is 1. The fourth-order valence-electron chi connectivity index (χ4n) is 0.784. The summed E-state index contributed by atoms with van der Waals surface area (Å²) in [6, 6.07) is 7.27. The van der Waals surface area contributed by atoms with Gasteiger partial charge in [0.2, 0.25) is 10.0 Å². The molecule has 0 saturated carbocycles. The molecule has 3 nitrogen and oxygen atoms in total. The van der Waals surface area contributed by atoms with Crippen LogP contribution < -0.4 is 4.72 Å². The molecule has 0 spiro atoms. The summed E-state index contributed by atoms with van der Waals surface area (Å²) in [5.41, 5.74) is 0.643. The molecule has 0 amide bonds. The third kappa shape index (κ3) is 3.15. The van der Waals surface area contributed by atoms with E-state index in [-0.39, 0.29) is 5.75 Å². The second-order valence-electron chi connectivity index (χ2n) is 2.49. The van der Waals surface area contributed by atoms with Crippen molar-refractivity contribution in [3.63, 3.8) is 0 Å². The average molecular weight is 311 g/mol. The Bertz CT molecular complexity index is 389. The van der Waals surface area contributed by atoms with Gasteiger partial charge in [0.25, 0.3) is 0 Å². The van der Waals surface area contributed by atoms with Gasteiger partial charge in [-0.3, -0.25) is 4.72 Å². The molecule has 72 valence electrons. The average Bonchev–Trinajstić information content (AvgIpc) is 2.09. The minimum atomic E-state index is -3.15. The van der Waals surface area contributed by atoms with Gasteiger partial charge in [-0.25, -0.2) is 8.42 Å². The smallest absolute Gasteiger partial charge is 0.232 e. The monoisotopic (exact) mass is 311 g/mol. The van der Waals surface area contributed by atoms with E-state index < -0.39 is 10.0 Å². The molecular weight excluding hydrogens is 301 g/mol. The van der Waals surface area contributed by atoms with Gasteiger partial charge < -0.3 is 0 Å². The molecule has 0 aromatic heterocycles. The largest absolute Gasteiger partial charge is 0.282 e. The SMILES string of the molecule is CCS(=O)(=O)Nc1ccccc1I. The molecule has 0 atom stereocenters. The predicted octanol–water partition coefficient (Wildman–Crippen LogP) is 2.05. The van der Waals surface area contributed by atoms with Crippen LogP contribution >= 0.6 is 22.6 Å². The lowest BCUT2D eigenvalue weighted by Gasteiger charge is -2.06. The Kier molecular flexibility index (Phi) is 3.55. The van der Waals surface area contributed by atoms with Crippen molar-refractivity contribution in [3.05, 3.63) is 27.8 Å². The lowest BCUT2D eigenvalue weighted by atomic mass is 10.3. The van der Waals surface area contributed by atoms with Crippen LogP contribution in [0.4, 0.5) is 5.69 Å². The van der Waals surface area contributed by atoms with E-state index in [2.05, 4.69) is 27.3 Å². The minimum absolute atomic E-state index is 0.0952. The van der Waals surface area contributed by atoms with Crippen LogP contribution in [-0.2, 0) is 10.0 Å². The molecule has 1 aromatic carbocycles. The summed E-state index contributed by atoms with van der Waals surface area (Å²) in [6.07, 6.45) is 0. The van der Waals surface area contributed by atoms with Crippen LogP contribution in [0.1, 0.15) is 6.92 Å². The molecule has 0 bridgehead atoms. The third-order valence-electron chi connectivity index (χ3n) is 1.52. The summed E-state index contributed by atoms with van der Waals surface area (Å²) in [4.78, 5) is 0. The summed E-state index contributed by atoms with van der Waals surface area (Å²) in [5.74, 6) is 0.0952. The molecule has 0 aliphatic rings. The van der Waals surface area contributed by atoms with Gasteiger partial charge >= 0.3 is 0 Å². The Hall–Kier alpha value is -0.300. The first-order chi connectivity index (χ1) is 6.05. The van der Waals surface area contributed by atoms with Crippen molar-refractivity contribution in [3.8, 4) is 0 Å². The first kappa shape index (κ1) is 10.8. The number of nitrogens with one attached hydrogen (secondary N) is 1. The van der Waals surface area contributed by atoms with Crippen molar-refractivity contribution in [2.75, 3.05) is 10.5 Å². The molecule has 5 heteroatoms. The van der Waals surface area contributed by atoms with Crippen molar-refractivity contribution in [1.82, 2.24) is 0 Å². The van der Waals surface area contributed by atoms with Gasteiger partial charge in [-0.15, -0.1) is 0 Å². The Balaban J connectivity index is 2.93. The maximum atomic E-state index is 11.2. The number of anilines is 1. The zero-order valence-electron chi connectivity index (χ0n) is 7.12. The van der Waals surface area contributed by atoms with E-state index >= 15 is 0 Å². The molecule has 1 aromatic rings. The van der Waals surface area contributed by atoms with Gasteiger partial charge in [0.1, 0.15) is 0 Å². The zero-order chi connectivity index (χ0) is 9.90. The van der Waals surface area contributed by atoms with Crippen molar-refractivity contribution >= 4 is 38.3 Å². The zero-order valence-corrected chi connectivity index (χ0v) is 10.1. The summed E-state index contributed by atoms with van der Waals surface area (Å²) in [5, 5.41) is 0. The van der Waals surface area contributed by atoms with Crippen LogP contribution in [0.25, 0.3) is 0 Å².